The molecule has 0 bridgehead atoms. The molecule has 136 valence electrons. The molecule has 0 aromatic carbocycles. The summed E-state index contributed by atoms with van der Waals surface area (Å²) in [6.07, 6.45) is 12.0. The lowest BCUT2D eigenvalue weighted by Gasteiger charge is -2.65. The van der Waals surface area contributed by atoms with E-state index >= 15 is 0 Å². The second-order valence-corrected chi connectivity index (χ2v) is 10.8. The van der Waals surface area contributed by atoms with Gasteiger partial charge in [0.05, 0.1) is 6.10 Å². The normalized spacial score (nSPS) is 55.5. The Bertz CT molecular complexity index is 536. The van der Waals surface area contributed by atoms with Gasteiger partial charge in [-0.05, 0) is 105 Å². The van der Waals surface area contributed by atoms with Gasteiger partial charge >= 0.3 is 0 Å². The van der Waals surface area contributed by atoms with E-state index in [1.165, 1.54) is 63.4 Å². The van der Waals surface area contributed by atoms with Gasteiger partial charge in [-0.3, -0.25) is 0 Å². The molecule has 1 heteroatoms. The number of allylic oxidation sites excluding steroid dienone is 1. The van der Waals surface area contributed by atoms with Gasteiger partial charge in [-0.2, -0.15) is 0 Å². The maximum atomic E-state index is 10.4. The highest BCUT2D eigenvalue weighted by atomic mass is 16.3. The highest BCUT2D eigenvalue weighted by Gasteiger charge is 2.63. The summed E-state index contributed by atoms with van der Waals surface area (Å²) < 4.78 is 0. The van der Waals surface area contributed by atoms with Crippen LogP contribution in [-0.2, 0) is 0 Å². The van der Waals surface area contributed by atoms with E-state index in [1.807, 2.05) is 6.92 Å². The molecule has 0 aliphatic heterocycles. The van der Waals surface area contributed by atoms with Crippen LogP contribution in [0.2, 0.25) is 0 Å². The van der Waals surface area contributed by atoms with Crippen LogP contribution < -0.4 is 0 Å². The highest BCUT2D eigenvalue weighted by molar-refractivity contribution is 5.17. The average molecular weight is 331 g/mol. The second-order valence-electron chi connectivity index (χ2n) is 10.8. The van der Waals surface area contributed by atoms with Crippen LogP contribution in [0.25, 0.3) is 0 Å². The molecule has 0 saturated heterocycles. The number of rotatable bonds is 1. The smallest absolute Gasteiger partial charge is 0.0545 e. The molecule has 0 heterocycles. The van der Waals surface area contributed by atoms with Crippen LogP contribution in [0.5, 0.6) is 0 Å². The molecule has 1 N–H and O–H groups in total. The molecule has 0 aromatic rings. The molecule has 24 heavy (non-hydrogen) atoms. The maximum Gasteiger partial charge on any atom is 0.0545 e. The molecule has 0 aromatic heterocycles. The van der Waals surface area contributed by atoms with Gasteiger partial charge in [0.25, 0.3) is 0 Å². The third-order valence-corrected chi connectivity index (χ3v) is 9.97. The molecular weight excluding hydrogens is 292 g/mol. The molecule has 0 spiro atoms. The standard InChI is InChI=1S/C23H38O/c1-15-8-11-21(3)12-9-17-19-7-6-18(16(2)24)22(19,4)13-10-20(17)23(21,5)14-15/h16-20,24H,1,6-14H2,2-5H3/t16-,17+,18+,19-,20+,21+,22-,23-/m0/s1. The topological polar surface area (TPSA) is 20.2 Å². The van der Waals surface area contributed by atoms with E-state index in [1.54, 1.807) is 0 Å². The Balaban J connectivity index is 1.67. The van der Waals surface area contributed by atoms with Crippen molar-refractivity contribution in [1.82, 2.24) is 0 Å². The van der Waals surface area contributed by atoms with Crippen LogP contribution in [0.15, 0.2) is 12.2 Å². The third kappa shape index (κ3) is 2.09. The van der Waals surface area contributed by atoms with E-state index in [0.29, 0.717) is 22.2 Å². The van der Waals surface area contributed by atoms with E-state index in [4.69, 9.17) is 0 Å². The van der Waals surface area contributed by atoms with Crippen molar-refractivity contribution in [3.63, 3.8) is 0 Å². The quantitative estimate of drug-likeness (QED) is 0.587. The van der Waals surface area contributed by atoms with Crippen molar-refractivity contribution < 1.29 is 5.11 Å². The van der Waals surface area contributed by atoms with E-state index < -0.39 is 0 Å². The van der Waals surface area contributed by atoms with Gasteiger partial charge in [-0.1, -0.05) is 32.9 Å². The molecule has 4 rings (SSSR count). The maximum absolute atomic E-state index is 10.4. The first kappa shape index (κ1) is 17.1. The zero-order valence-corrected chi connectivity index (χ0v) is 16.4. The predicted molar refractivity (Wildman–Crippen MR) is 101 cm³/mol. The van der Waals surface area contributed by atoms with Crippen LogP contribution in [-0.4, -0.2) is 11.2 Å². The van der Waals surface area contributed by atoms with Crippen molar-refractivity contribution in [3.05, 3.63) is 12.2 Å². The van der Waals surface area contributed by atoms with Gasteiger partial charge in [0.15, 0.2) is 0 Å². The summed E-state index contributed by atoms with van der Waals surface area (Å²) in [6.45, 7) is 14.2. The summed E-state index contributed by atoms with van der Waals surface area (Å²) in [5.74, 6) is 3.17. The Morgan fingerprint density at radius 1 is 1.00 bits per heavy atom. The van der Waals surface area contributed by atoms with E-state index in [0.717, 1.165) is 17.8 Å². The van der Waals surface area contributed by atoms with E-state index in [2.05, 4.69) is 27.4 Å². The van der Waals surface area contributed by atoms with E-state index in [9.17, 15) is 5.11 Å². The Kier molecular flexibility index (Phi) is 3.82. The van der Waals surface area contributed by atoms with Crippen molar-refractivity contribution in [2.24, 2.45) is 39.9 Å². The van der Waals surface area contributed by atoms with Crippen LogP contribution >= 0.6 is 0 Å². The summed E-state index contributed by atoms with van der Waals surface area (Å²) in [5.41, 5.74) is 2.91. The molecule has 4 saturated carbocycles. The van der Waals surface area contributed by atoms with Gasteiger partial charge < -0.3 is 5.11 Å². The largest absolute Gasteiger partial charge is 0.393 e. The molecule has 4 aliphatic rings. The molecule has 1 nitrogen and oxygen atoms in total. The van der Waals surface area contributed by atoms with Crippen LogP contribution in [0, 0.1) is 39.9 Å². The molecule has 4 fully saturated rings. The Hall–Kier alpha value is -0.300. The summed E-state index contributed by atoms with van der Waals surface area (Å²) in [7, 11) is 0. The number of hydrogen-bond donors (Lipinski definition) is 1. The first-order chi connectivity index (χ1) is 11.2. The zero-order valence-electron chi connectivity index (χ0n) is 16.4. The monoisotopic (exact) mass is 330 g/mol. The molecular formula is C23H38O. The van der Waals surface area contributed by atoms with Gasteiger partial charge in [0.2, 0.25) is 0 Å². The molecule has 8 atom stereocenters. The number of aliphatic hydroxyl groups is 1. The summed E-state index contributed by atoms with van der Waals surface area (Å²) in [4.78, 5) is 0. The van der Waals surface area contributed by atoms with Crippen molar-refractivity contribution >= 4 is 0 Å². The second kappa shape index (κ2) is 5.35. The van der Waals surface area contributed by atoms with Crippen LogP contribution in [0.4, 0.5) is 0 Å². The Morgan fingerprint density at radius 2 is 1.75 bits per heavy atom. The minimum atomic E-state index is -0.129. The highest BCUT2D eigenvalue weighted by Crippen LogP contribution is 2.71. The Morgan fingerprint density at radius 3 is 2.46 bits per heavy atom. The summed E-state index contributed by atoms with van der Waals surface area (Å²) >= 11 is 0. The zero-order chi connectivity index (χ0) is 17.3. The SMILES string of the molecule is C=C1CC[C@]2(C)CC[C@H]3[C@@H](CC[C@@]4(C)[C@@H]([C@H](C)O)CC[C@@H]34)[C@]2(C)C1. The lowest BCUT2D eigenvalue weighted by atomic mass is 9.40. The third-order valence-electron chi connectivity index (χ3n) is 9.97. The molecule has 0 amide bonds. The minimum absolute atomic E-state index is 0.129. The average Bonchev–Trinajstić information content (AvgIpc) is 2.86. The minimum Gasteiger partial charge on any atom is -0.393 e. The van der Waals surface area contributed by atoms with Crippen molar-refractivity contribution in [2.75, 3.05) is 0 Å². The lowest BCUT2D eigenvalue weighted by molar-refractivity contribution is -0.148. The van der Waals surface area contributed by atoms with Gasteiger partial charge in [-0.25, -0.2) is 0 Å². The van der Waals surface area contributed by atoms with Gasteiger partial charge in [-0.15, -0.1) is 0 Å². The van der Waals surface area contributed by atoms with Crippen LogP contribution in [0.3, 0.4) is 0 Å². The van der Waals surface area contributed by atoms with E-state index in [-0.39, 0.29) is 6.10 Å². The van der Waals surface area contributed by atoms with Gasteiger partial charge in [0.1, 0.15) is 0 Å². The first-order valence-electron chi connectivity index (χ1n) is 10.6. The number of hydrogen-bond acceptors (Lipinski definition) is 1. The van der Waals surface area contributed by atoms with Gasteiger partial charge in [0, 0.05) is 0 Å². The molecule has 0 unspecified atom stereocenters. The van der Waals surface area contributed by atoms with Crippen molar-refractivity contribution in [1.29, 1.82) is 0 Å². The predicted octanol–water partition coefficient (Wildman–Crippen LogP) is 5.97. The Labute approximate surface area is 149 Å². The fraction of sp³-hybridized carbons (Fsp3) is 0.913. The number of fused-ring (bicyclic) bond motifs is 5. The van der Waals surface area contributed by atoms with Crippen LogP contribution in [0.1, 0.15) is 85.5 Å². The number of aliphatic hydroxyl groups excluding tert-OH is 1. The molecule has 0 radical (unpaired) electrons. The summed E-state index contributed by atoms with van der Waals surface area (Å²) in [6, 6.07) is 0. The fourth-order valence-corrected chi connectivity index (χ4v) is 8.35. The van der Waals surface area contributed by atoms with Crippen molar-refractivity contribution in [2.45, 2.75) is 91.6 Å². The molecule has 4 aliphatic carbocycles. The lowest BCUT2D eigenvalue weighted by Crippen LogP contribution is -2.57. The fourth-order valence-electron chi connectivity index (χ4n) is 8.35. The summed E-state index contributed by atoms with van der Waals surface area (Å²) in [5, 5.41) is 10.4. The first-order valence-corrected chi connectivity index (χ1v) is 10.6. The van der Waals surface area contributed by atoms with Crippen molar-refractivity contribution in [3.8, 4) is 0 Å².